The van der Waals surface area contributed by atoms with E-state index in [2.05, 4.69) is 5.32 Å². The number of rotatable bonds is 3. The van der Waals surface area contributed by atoms with E-state index in [4.69, 9.17) is 0 Å². The summed E-state index contributed by atoms with van der Waals surface area (Å²) in [5, 5.41) is 2.69. The van der Waals surface area contributed by atoms with Gasteiger partial charge in [-0.05, 0) is 19.8 Å². The summed E-state index contributed by atoms with van der Waals surface area (Å²) < 4.78 is 0. The molecule has 1 saturated carbocycles. The van der Waals surface area contributed by atoms with Gasteiger partial charge >= 0.3 is 0 Å². The van der Waals surface area contributed by atoms with Crippen LogP contribution >= 0.6 is 0 Å². The number of hydrogen-bond donors (Lipinski definition) is 1. The van der Waals surface area contributed by atoms with Gasteiger partial charge in [0.25, 0.3) is 0 Å². The summed E-state index contributed by atoms with van der Waals surface area (Å²) in [6.07, 6.45) is 6.77. The Labute approximate surface area is 85.3 Å². The highest BCUT2D eigenvalue weighted by molar-refractivity contribution is 5.85. The maximum atomic E-state index is 11.6. The van der Waals surface area contributed by atoms with E-state index < -0.39 is 0 Å². The number of Topliss-reactive ketones (excluding diaryl/α,β-unsaturated/α-hetero) is 1. The molecule has 0 radical (unpaired) electrons. The molecule has 1 amide bonds. The van der Waals surface area contributed by atoms with Crippen molar-refractivity contribution in [2.24, 2.45) is 5.92 Å². The second kappa shape index (κ2) is 5.78. The van der Waals surface area contributed by atoms with Crippen molar-refractivity contribution in [2.45, 2.75) is 45.4 Å². The van der Waals surface area contributed by atoms with Crippen LogP contribution in [0.25, 0.3) is 0 Å². The number of carbonyl (C=O) groups excluding carboxylic acids is 2. The molecule has 3 heteroatoms. The van der Waals surface area contributed by atoms with Crippen molar-refractivity contribution in [3.05, 3.63) is 0 Å². The number of amides is 1. The van der Waals surface area contributed by atoms with Crippen molar-refractivity contribution in [3.8, 4) is 0 Å². The molecule has 0 unspecified atom stereocenters. The molecular formula is C11H19NO2. The summed E-state index contributed by atoms with van der Waals surface area (Å²) in [7, 11) is 0. The van der Waals surface area contributed by atoms with E-state index in [0.717, 1.165) is 25.7 Å². The first-order chi connectivity index (χ1) is 6.70. The van der Waals surface area contributed by atoms with Crippen molar-refractivity contribution in [1.82, 2.24) is 5.32 Å². The zero-order chi connectivity index (χ0) is 10.4. The van der Waals surface area contributed by atoms with Crippen molar-refractivity contribution >= 4 is 11.7 Å². The van der Waals surface area contributed by atoms with Gasteiger partial charge in [-0.25, -0.2) is 0 Å². The third-order valence-corrected chi connectivity index (χ3v) is 2.74. The molecule has 0 aromatic carbocycles. The average Bonchev–Trinajstić information content (AvgIpc) is 2.42. The van der Waals surface area contributed by atoms with Crippen LogP contribution < -0.4 is 5.32 Å². The molecule has 14 heavy (non-hydrogen) atoms. The van der Waals surface area contributed by atoms with Crippen LogP contribution in [0.4, 0.5) is 0 Å². The van der Waals surface area contributed by atoms with Gasteiger partial charge in [0.2, 0.25) is 5.91 Å². The molecule has 0 aromatic rings. The van der Waals surface area contributed by atoms with Gasteiger partial charge in [0.05, 0.1) is 6.54 Å². The van der Waals surface area contributed by atoms with Gasteiger partial charge in [-0.3, -0.25) is 9.59 Å². The fourth-order valence-corrected chi connectivity index (χ4v) is 1.90. The number of ketones is 1. The second-order valence-corrected chi connectivity index (χ2v) is 4.11. The lowest BCUT2D eigenvalue weighted by molar-refractivity contribution is -0.127. The van der Waals surface area contributed by atoms with Crippen LogP contribution in [0.15, 0.2) is 0 Å². The molecule has 0 heterocycles. The third kappa shape index (κ3) is 3.90. The Morgan fingerprint density at radius 1 is 1.14 bits per heavy atom. The van der Waals surface area contributed by atoms with Gasteiger partial charge in [0.1, 0.15) is 5.78 Å². The van der Waals surface area contributed by atoms with E-state index in [-0.39, 0.29) is 24.2 Å². The van der Waals surface area contributed by atoms with E-state index in [1.54, 1.807) is 0 Å². The Balaban J connectivity index is 2.30. The molecule has 1 aliphatic rings. The van der Waals surface area contributed by atoms with Gasteiger partial charge in [0.15, 0.2) is 0 Å². The molecule has 0 atom stereocenters. The van der Waals surface area contributed by atoms with E-state index in [0.29, 0.717) is 0 Å². The van der Waals surface area contributed by atoms with Crippen molar-refractivity contribution in [1.29, 1.82) is 0 Å². The Hall–Kier alpha value is -0.860. The van der Waals surface area contributed by atoms with Gasteiger partial charge in [-0.1, -0.05) is 25.7 Å². The Morgan fingerprint density at radius 3 is 2.21 bits per heavy atom. The SMILES string of the molecule is CC(=O)CNC(=O)C1CCCCCC1. The monoisotopic (exact) mass is 197 g/mol. The molecule has 1 fully saturated rings. The van der Waals surface area contributed by atoms with E-state index in [1.165, 1.54) is 19.8 Å². The molecule has 80 valence electrons. The van der Waals surface area contributed by atoms with Gasteiger partial charge in [0, 0.05) is 5.92 Å². The lowest BCUT2D eigenvalue weighted by atomic mass is 9.99. The van der Waals surface area contributed by atoms with Crippen LogP contribution in [0.5, 0.6) is 0 Å². The molecule has 1 rings (SSSR count). The topological polar surface area (TPSA) is 46.2 Å². The summed E-state index contributed by atoms with van der Waals surface area (Å²) in [5.74, 6) is 0.242. The highest BCUT2D eigenvalue weighted by Crippen LogP contribution is 2.22. The molecular weight excluding hydrogens is 178 g/mol. The van der Waals surface area contributed by atoms with Crippen LogP contribution in [-0.4, -0.2) is 18.2 Å². The van der Waals surface area contributed by atoms with Crippen LogP contribution in [0.2, 0.25) is 0 Å². The van der Waals surface area contributed by atoms with E-state index in [9.17, 15) is 9.59 Å². The molecule has 0 spiro atoms. The highest BCUT2D eigenvalue weighted by Gasteiger charge is 2.19. The van der Waals surface area contributed by atoms with Gasteiger partial charge in [-0.2, -0.15) is 0 Å². The van der Waals surface area contributed by atoms with Crippen molar-refractivity contribution in [3.63, 3.8) is 0 Å². The molecule has 1 N–H and O–H groups in total. The normalized spacial score (nSPS) is 18.6. The highest BCUT2D eigenvalue weighted by atomic mass is 16.2. The fraction of sp³-hybridized carbons (Fsp3) is 0.818. The van der Waals surface area contributed by atoms with E-state index in [1.807, 2.05) is 0 Å². The summed E-state index contributed by atoms with van der Waals surface area (Å²) in [5.41, 5.74) is 0. The largest absolute Gasteiger partial charge is 0.349 e. The Kier molecular flexibility index (Phi) is 4.63. The molecule has 0 aromatic heterocycles. The zero-order valence-corrected chi connectivity index (χ0v) is 8.84. The first-order valence-corrected chi connectivity index (χ1v) is 5.47. The summed E-state index contributed by atoms with van der Waals surface area (Å²) in [6.45, 7) is 1.68. The molecule has 0 aliphatic heterocycles. The molecule has 1 aliphatic carbocycles. The van der Waals surface area contributed by atoms with Crippen molar-refractivity contribution in [2.75, 3.05) is 6.54 Å². The van der Waals surface area contributed by atoms with Crippen molar-refractivity contribution < 1.29 is 9.59 Å². The third-order valence-electron chi connectivity index (χ3n) is 2.74. The van der Waals surface area contributed by atoms with Crippen LogP contribution in [0.3, 0.4) is 0 Å². The fourth-order valence-electron chi connectivity index (χ4n) is 1.90. The predicted octanol–water partition coefficient (Wildman–Crippen LogP) is 1.66. The van der Waals surface area contributed by atoms with E-state index >= 15 is 0 Å². The number of nitrogens with one attached hydrogen (secondary N) is 1. The quantitative estimate of drug-likeness (QED) is 0.699. The van der Waals surface area contributed by atoms with Gasteiger partial charge in [-0.15, -0.1) is 0 Å². The summed E-state index contributed by atoms with van der Waals surface area (Å²) in [6, 6.07) is 0. The maximum Gasteiger partial charge on any atom is 0.223 e. The Morgan fingerprint density at radius 2 is 1.71 bits per heavy atom. The second-order valence-electron chi connectivity index (χ2n) is 4.11. The minimum absolute atomic E-state index is 0.0203. The maximum absolute atomic E-state index is 11.6. The smallest absolute Gasteiger partial charge is 0.223 e. The summed E-state index contributed by atoms with van der Waals surface area (Å²) in [4.78, 5) is 22.3. The Bertz CT molecular complexity index is 205. The standard InChI is InChI=1S/C11H19NO2/c1-9(13)8-12-11(14)10-6-4-2-3-5-7-10/h10H,2-8H2,1H3,(H,12,14). The van der Waals surface area contributed by atoms with Gasteiger partial charge < -0.3 is 5.32 Å². The molecule has 0 saturated heterocycles. The lowest BCUT2D eigenvalue weighted by Gasteiger charge is -2.12. The lowest BCUT2D eigenvalue weighted by Crippen LogP contribution is -2.33. The molecule has 3 nitrogen and oxygen atoms in total. The molecule has 0 bridgehead atoms. The zero-order valence-electron chi connectivity index (χ0n) is 8.84. The van der Waals surface area contributed by atoms with Crippen LogP contribution in [0, 0.1) is 5.92 Å². The first-order valence-electron chi connectivity index (χ1n) is 5.47. The number of hydrogen-bond acceptors (Lipinski definition) is 2. The number of carbonyl (C=O) groups is 2. The van der Waals surface area contributed by atoms with Crippen LogP contribution in [-0.2, 0) is 9.59 Å². The predicted molar refractivity (Wildman–Crippen MR) is 54.9 cm³/mol. The first kappa shape index (κ1) is 11.2. The summed E-state index contributed by atoms with van der Waals surface area (Å²) >= 11 is 0. The average molecular weight is 197 g/mol. The minimum Gasteiger partial charge on any atom is -0.349 e. The van der Waals surface area contributed by atoms with Crippen LogP contribution in [0.1, 0.15) is 45.4 Å². The minimum atomic E-state index is 0.0203.